The zero-order valence-electron chi connectivity index (χ0n) is 12.6. The Labute approximate surface area is 117 Å². The standard InChI is InChI=1S/C17H27NO/c1-4-18-11-10-17(2,3)9-7-14-5-6-16-15(13-14)8-12-19-16/h5-6,13,18H,4,7-12H2,1-3H3. The summed E-state index contributed by atoms with van der Waals surface area (Å²) in [6.45, 7) is 9.97. The maximum atomic E-state index is 5.56. The number of aryl methyl sites for hydroxylation is 1. The molecule has 0 saturated heterocycles. The summed E-state index contributed by atoms with van der Waals surface area (Å²) in [6, 6.07) is 6.70. The van der Waals surface area contributed by atoms with Crippen molar-refractivity contribution in [3.63, 3.8) is 0 Å². The summed E-state index contributed by atoms with van der Waals surface area (Å²) in [6.07, 6.45) is 4.74. The second-order valence-corrected chi connectivity index (χ2v) is 6.31. The van der Waals surface area contributed by atoms with E-state index in [4.69, 9.17) is 4.74 Å². The van der Waals surface area contributed by atoms with Crippen LogP contribution in [-0.2, 0) is 12.8 Å². The first-order valence-electron chi connectivity index (χ1n) is 7.56. The van der Waals surface area contributed by atoms with E-state index in [0.29, 0.717) is 5.41 Å². The van der Waals surface area contributed by atoms with Crippen LogP contribution in [0.3, 0.4) is 0 Å². The molecule has 0 radical (unpaired) electrons. The second kappa shape index (κ2) is 6.42. The van der Waals surface area contributed by atoms with Crippen molar-refractivity contribution in [1.29, 1.82) is 0 Å². The van der Waals surface area contributed by atoms with E-state index in [9.17, 15) is 0 Å². The summed E-state index contributed by atoms with van der Waals surface area (Å²) in [7, 11) is 0. The molecule has 19 heavy (non-hydrogen) atoms. The van der Waals surface area contributed by atoms with Crippen LogP contribution >= 0.6 is 0 Å². The molecule has 0 unspecified atom stereocenters. The van der Waals surface area contributed by atoms with Gasteiger partial charge in [0.25, 0.3) is 0 Å². The van der Waals surface area contributed by atoms with Gasteiger partial charge in [-0.25, -0.2) is 0 Å². The predicted octanol–water partition coefficient (Wildman–Crippen LogP) is 3.58. The molecular formula is C17H27NO. The maximum Gasteiger partial charge on any atom is 0.122 e. The highest BCUT2D eigenvalue weighted by Gasteiger charge is 2.18. The van der Waals surface area contributed by atoms with Gasteiger partial charge >= 0.3 is 0 Å². The molecule has 0 bridgehead atoms. The SMILES string of the molecule is CCNCCC(C)(C)CCc1ccc2c(c1)CCO2. The fourth-order valence-electron chi connectivity index (χ4n) is 2.61. The molecule has 1 aliphatic heterocycles. The zero-order chi connectivity index (χ0) is 13.7. The first-order chi connectivity index (χ1) is 9.11. The molecule has 1 heterocycles. The molecule has 0 saturated carbocycles. The fourth-order valence-corrected chi connectivity index (χ4v) is 2.61. The quantitative estimate of drug-likeness (QED) is 0.758. The smallest absolute Gasteiger partial charge is 0.122 e. The van der Waals surface area contributed by atoms with Crippen molar-refractivity contribution in [2.24, 2.45) is 5.41 Å². The normalized spacial score (nSPS) is 14.3. The topological polar surface area (TPSA) is 21.3 Å². The summed E-state index contributed by atoms with van der Waals surface area (Å²) in [5.74, 6) is 1.09. The van der Waals surface area contributed by atoms with Gasteiger partial charge in [-0.05, 0) is 55.0 Å². The summed E-state index contributed by atoms with van der Waals surface area (Å²) < 4.78 is 5.56. The lowest BCUT2D eigenvalue weighted by Crippen LogP contribution is -2.22. The van der Waals surface area contributed by atoms with Gasteiger partial charge in [-0.3, -0.25) is 0 Å². The molecule has 2 heteroatoms. The Morgan fingerprint density at radius 2 is 2.11 bits per heavy atom. The third-order valence-electron chi connectivity index (χ3n) is 4.07. The predicted molar refractivity (Wildman–Crippen MR) is 80.9 cm³/mol. The zero-order valence-corrected chi connectivity index (χ0v) is 12.6. The van der Waals surface area contributed by atoms with Gasteiger partial charge in [0, 0.05) is 6.42 Å². The van der Waals surface area contributed by atoms with Crippen molar-refractivity contribution in [2.45, 2.75) is 46.5 Å². The van der Waals surface area contributed by atoms with Crippen LogP contribution in [0.25, 0.3) is 0 Å². The van der Waals surface area contributed by atoms with E-state index in [2.05, 4.69) is 44.3 Å². The number of hydrogen-bond donors (Lipinski definition) is 1. The van der Waals surface area contributed by atoms with Crippen LogP contribution in [0.15, 0.2) is 18.2 Å². The monoisotopic (exact) mass is 261 g/mol. The Hall–Kier alpha value is -1.02. The van der Waals surface area contributed by atoms with Crippen molar-refractivity contribution in [3.05, 3.63) is 29.3 Å². The number of fused-ring (bicyclic) bond motifs is 1. The lowest BCUT2D eigenvalue weighted by Gasteiger charge is -2.24. The number of rotatable bonds is 7. The highest BCUT2D eigenvalue weighted by molar-refractivity contribution is 5.39. The van der Waals surface area contributed by atoms with E-state index in [0.717, 1.165) is 31.9 Å². The Morgan fingerprint density at radius 1 is 1.26 bits per heavy atom. The Bertz CT molecular complexity index is 412. The number of nitrogens with one attached hydrogen (secondary N) is 1. The average Bonchev–Trinajstić information content (AvgIpc) is 2.84. The molecule has 1 aromatic carbocycles. The first kappa shape index (κ1) is 14.4. The van der Waals surface area contributed by atoms with Crippen LogP contribution in [0.2, 0.25) is 0 Å². The number of hydrogen-bond acceptors (Lipinski definition) is 2. The Balaban J connectivity index is 1.84. The largest absolute Gasteiger partial charge is 0.493 e. The van der Waals surface area contributed by atoms with Crippen molar-refractivity contribution in [3.8, 4) is 5.75 Å². The summed E-state index contributed by atoms with van der Waals surface area (Å²) in [4.78, 5) is 0. The second-order valence-electron chi connectivity index (χ2n) is 6.31. The molecule has 0 fully saturated rings. The van der Waals surface area contributed by atoms with E-state index >= 15 is 0 Å². The minimum atomic E-state index is 0.414. The molecule has 106 valence electrons. The molecular weight excluding hydrogens is 234 g/mol. The molecule has 0 amide bonds. The van der Waals surface area contributed by atoms with Gasteiger partial charge in [0.15, 0.2) is 0 Å². The van der Waals surface area contributed by atoms with E-state index in [1.54, 1.807) is 0 Å². The van der Waals surface area contributed by atoms with Crippen LogP contribution in [0.5, 0.6) is 5.75 Å². The fraction of sp³-hybridized carbons (Fsp3) is 0.647. The lowest BCUT2D eigenvalue weighted by molar-refractivity contribution is 0.303. The third kappa shape index (κ3) is 4.24. The van der Waals surface area contributed by atoms with Crippen LogP contribution < -0.4 is 10.1 Å². The molecule has 0 spiro atoms. The lowest BCUT2D eigenvalue weighted by atomic mass is 9.83. The van der Waals surface area contributed by atoms with E-state index in [1.165, 1.54) is 30.4 Å². The van der Waals surface area contributed by atoms with E-state index in [-0.39, 0.29) is 0 Å². The molecule has 1 aliphatic rings. The minimum Gasteiger partial charge on any atom is -0.493 e. The van der Waals surface area contributed by atoms with E-state index in [1.807, 2.05) is 0 Å². The third-order valence-corrected chi connectivity index (χ3v) is 4.07. The summed E-state index contributed by atoms with van der Waals surface area (Å²) in [5, 5.41) is 3.42. The van der Waals surface area contributed by atoms with Gasteiger partial charge in [-0.15, -0.1) is 0 Å². The highest BCUT2D eigenvalue weighted by atomic mass is 16.5. The molecule has 0 aromatic heterocycles. The number of benzene rings is 1. The molecule has 2 rings (SSSR count). The van der Waals surface area contributed by atoms with Gasteiger partial charge in [0.1, 0.15) is 5.75 Å². The first-order valence-corrected chi connectivity index (χ1v) is 7.56. The van der Waals surface area contributed by atoms with Gasteiger partial charge in [-0.2, -0.15) is 0 Å². The summed E-state index contributed by atoms with van der Waals surface area (Å²) in [5.41, 5.74) is 3.27. The highest BCUT2D eigenvalue weighted by Crippen LogP contribution is 2.30. The number of ether oxygens (including phenoxy) is 1. The van der Waals surface area contributed by atoms with Gasteiger partial charge < -0.3 is 10.1 Å². The summed E-state index contributed by atoms with van der Waals surface area (Å²) >= 11 is 0. The van der Waals surface area contributed by atoms with Gasteiger partial charge in [0.2, 0.25) is 0 Å². The van der Waals surface area contributed by atoms with Gasteiger partial charge in [0.05, 0.1) is 6.61 Å². The van der Waals surface area contributed by atoms with Crippen molar-refractivity contribution in [1.82, 2.24) is 5.32 Å². The molecule has 1 N–H and O–H groups in total. The molecule has 2 nitrogen and oxygen atoms in total. The minimum absolute atomic E-state index is 0.414. The van der Waals surface area contributed by atoms with Crippen LogP contribution in [-0.4, -0.2) is 19.7 Å². The molecule has 0 aliphatic carbocycles. The van der Waals surface area contributed by atoms with Crippen molar-refractivity contribution >= 4 is 0 Å². The molecule has 1 aromatic rings. The van der Waals surface area contributed by atoms with Crippen LogP contribution in [0, 0.1) is 5.41 Å². The average molecular weight is 261 g/mol. The molecule has 0 atom stereocenters. The van der Waals surface area contributed by atoms with E-state index < -0.39 is 0 Å². The van der Waals surface area contributed by atoms with Crippen molar-refractivity contribution < 1.29 is 4.74 Å². The van der Waals surface area contributed by atoms with Crippen molar-refractivity contribution in [2.75, 3.05) is 19.7 Å². The van der Waals surface area contributed by atoms with Crippen LogP contribution in [0.4, 0.5) is 0 Å². The maximum absolute atomic E-state index is 5.56. The van der Waals surface area contributed by atoms with Gasteiger partial charge in [-0.1, -0.05) is 32.9 Å². The Kier molecular flexibility index (Phi) is 4.87. The Morgan fingerprint density at radius 3 is 2.89 bits per heavy atom. The van der Waals surface area contributed by atoms with Crippen LogP contribution in [0.1, 0.15) is 44.7 Å².